The van der Waals surface area contributed by atoms with Crippen molar-refractivity contribution < 1.29 is 14.3 Å². The summed E-state index contributed by atoms with van der Waals surface area (Å²) >= 11 is 12.2. The number of hydrogen-bond donors (Lipinski definition) is 0. The summed E-state index contributed by atoms with van der Waals surface area (Å²) in [4.78, 5) is 30.3. The van der Waals surface area contributed by atoms with Crippen LogP contribution in [0.4, 0.5) is 4.79 Å². The highest BCUT2D eigenvalue weighted by Gasteiger charge is 2.23. The fourth-order valence-corrected chi connectivity index (χ4v) is 2.52. The maximum Gasteiger partial charge on any atom is 0.415 e. The minimum Gasteiger partial charge on any atom is -0.409 e. The number of aromatic nitrogens is 1. The van der Waals surface area contributed by atoms with Gasteiger partial charge in [-0.05, 0) is 38.1 Å². The Hall–Kier alpha value is -2.11. The summed E-state index contributed by atoms with van der Waals surface area (Å²) in [6.07, 6.45) is 2.43. The molecule has 0 spiro atoms. The molecule has 0 saturated carbocycles. The average molecular weight is 367 g/mol. The average Bonchev–Trinajstić information content (AvgIpc) is 2.60. The first-order chi connectivity index (χ1) is 11.5. The van der Waals surface area contributed by atoms with E-state index in [0.717, 1.165) is 0 Å². The van der Waals surface area contributed by atoms with Crippen molar-refractivity contribution in [1.29, 1.82) is 0 Å². The zero-order valence-corrected chi connectivity index (χ0v) is 14.8. The van der Waals surface area contributed by atoms with Gasteiger partial charge in [0.1, 0.15) is 5.75 Å². The Morgan fingerprint density at radius 1 is 1.08 bits per heavy atom. The minimum atomic E-state index is -0.554. The SMILES string of the molecule is CCN(CC)C(=O)Oc1ccc(Cl)c(Cl)c1C(=O)c1ccncc1. The predicted octanol–water partition coefficient (Wildman–Crippen LogP) is 4.46. The molecule has 2 rings (SSSR count). The van der Waals surface area contributed by atoms with Gasteiger partial charge in [0, 0.05) is 31.0 Å². The molecule has 0 unspecified atom stereocenters. The largest absolute Gasteiger partial charge is 0.415 e. The van der Waals surface area contributed by atoms with Crippen LogP contribution in [0.25, 0.3) is 0 Å². The second-order valence-electron chi connectivity index (χ2n) is 4.84. The number of carbonyl (C=O) groups is 2. The molecular formula is C17H16Cl2N2O3. The van der Waals surface area contributed by atoms with E-state index >= 15 is 0 Å². The molecule has 1 aromatic carbocycles. The van der Waals surface area contributed by atoms with E-state index in [1.807, 2.05) is 13.8 Å². The van der Waals surface area contributed by atoms with Gasteiger partial charge in [-0.2, -0.15) is 0 Å². The van der Waals surface area contributed by atoms with Crippen molar-refractivity contribution in [2.75, 3.05) is 13.1 Å². The lowest BCUT2D eigenvalue weighted by Gasteiger charge is -2.19. The van der Waals surface area contributed by atoms with Crippen molar-refractivity contribution in [1.82, 2.24) is 9.88 Å². The first kappa shape index (κ1) is 18.2. The Morgan fingerprint density at radius 2 is 1.71 bits per heavy atom. The standard InChI is InChI=1S/C17H16Cl2N2O3/c1-3-21(4-2)17(23)24-13-6-5-12(18)15(19)14(13)16(22)11-7-9-20-10-8-11/h5-10H,3-4H2,1-2H3. The van der Waals surface area contributed by atoms with Crippen LogP contribution in [0, 0.1) is 0 Å². The van der Waals surface area contributed by atoms with E-state index in [1.54, 1.807) is 12.1 Å². The Morgan fingerprint density at radius 3 is 2.29 bits per heavy atom. The summed E-state index contributed by atoms with van der Waals surface area (Å²) in [5, 5.41) is 0.250. The molecule has 0 atom stereocenters. The van der Waals surface area contributed by atoms with E-state index in [1.165, 1.54) is 29.4 Å². The molecule has 0 bridgehead atoms. The molecule has 0 N–H and O–H groups in total. The van der Waals surface area contributed by atoms with Crippen LogP contribution in [0.15, 0.2) is 36.7 Å². The highest BCUT2D eigenvalue weighted by atomic mass is 35.5. The van der Waals surface area contributed by atoms with Gasteiger partial charge in [0.15, 0.2) is 5.78 Å². The molecule has 7 heteroatoms. The molecule has 1 aromatic heterocycles. The van der Waals surface area contributed by atoms with Gasteiger partial charge in [-0.25, -0.2) is 4.79 Å². The second kappa shape index (κ2) is 8.13. The van der Waals surface area contributed by atoms with Crippen molar-refractivity contribution in [3.05, 3.63) is 57.8 Å². The third-order valence-corrected chi connectivity index (χ3v) is 4.25. The zero-order chi connectivity index (χ0) is 17.7. The van der Waals surface area contributed by atoms with Gasteiger partial charge >= 0.3 is 6.09 Å². The summed E-state index contributed by atoms with van der Waals surface area (Å²) in [5.41, 5.74) is 0.421. The van der Waals surface area contributed by atoms with E-state index < -0.39 is 11.9 Å². The van der Waals surface area contributed by atoms with Crippen LogP contribution in [0.1, 0.15) is 29.8 Å². The molecule has 0 saturated heterocycles. The maximum atomic E-state index is 12.8. The number of amides is 1. The maximum absolute atomic E-state index is 12.8. The number of pyridine rings is 1. The summed E-state index contributed by atoms with van der Waals surface area (Å²) in [6.45, 7) is 4.65. The zero-order valence-electron chi connectivity index (χ0n) is 13.3. The normalized spacial score (nSPS) is 10.3. The van der Waals surface area contributed by atoms with Gasteiger partial charge < -0.3 is 9.64 Å². The number of ketones is 1. The Kier molecular flexibility index (Phi) is 6.17. The Labute approximate surface area is 150 Å². The van der Waals surface area contributed by atoms with Crippen molar-refractivity contribution in [3.63, 3.8) is 0 Å². The molecule has 0 radical (unpaired) electrons. The van der Waals surface area contributed by atoms with Gasteiger partial charge in [-0.3, -0.25) is 9.78 Å². The minimum absolute atomic E-state index is 0.0447. The molecule has 0 fully saturated rings. The van der Waals surface area contributed by atoms with Crippen LogP contribution < -0.4 is 4.74 Å². The number of nitrogens with zero attached hydrogens (tertiary/aromatic N) is 2. The van der Waals surface area contributed by atoms with Crippen molar-refractivity contribution in [2.24, 2.45) is 0 Å². The summed E-state index contributed by atoms with van der Waals surface area (Å²) in [6, 6.07) is 6.05. The number of rotatable bonds is 5. The van der Waals surface area contributed by atoms with Crippen LogP contribution in [0.5, 0.6) is 5.75 Å². The summed E-state index contributed by atoms with van der Waals surface area (Å²) in [7, 11) is 0. The van der Waals surface area contributed by atoms with Gasteiger partial charge in [0.25, 0.3) is 0 Å². The third-order valence-electron chi connectivity index (χ3n) is 3.45. The van der Waals surface area contributed by atoms with Crippen LogP contribution in [-0.4, -0.2) is 34.8 Å². The predicted molar refractivity (Wildman–Crippen MR) is 93.1 cm³/mol. The molecule has 24 heavy (non-hydrogen) atoms. The number of carbonyl (C=O) groups excluding carboxylic acids is 2. The fourth-order valence-electron chi connectivity index (χ4n) is 2.12. The van der Waals surface area contributed by atoms with Gasteiger partial charge in [0.2, 0.25) is 0 Å². The topological polar surface area (TPSA) is 59.5 Å². The molecule has 0 aliphatic carbocycles. The molecule has 1 heterocycles. The molecular weight excluding hydrogens is 351 g/mol. The first-order valence-corrected chi connectivity index (χ1v) is 8.14. The van der Waals surface area contributed by atoms with Gasteiger partial charge in [-0.1, -0.05) is 23.2 Å². The quantitative estimate of drug-likeness (QED) is 0.732. The smallest absolute Gasteiger partial charge is 0.409 e. The van der Waals surface area contributed by atoms with E-state index in [-0.39, 0.29) is 21.4 Å². The van der Waals surface area contributed by atoms with Crippen LogP contribution in [0.2, 0.25) is 10.0 Å². The molecule has 0 aliphatic heterocycles. The molecule has 0 aliphatic rings. The van der Waals surface area contributed by atoms with E-state index in [9.17, 15) is 9.59 Å². The second-order valence-corrected chi connectivity index (χ2v) is 5.62. The number of halogens is 2. The van der Waals surface area contributed by atoms with E-state index in [0.29, 0.717) is 18.7 Å². The number of benzene rings is 1. The number of ether oxygens (including phenoxy) is 1. The van der Waals surface area contributed by atoms with Crippen LogP contribution >= 0.6 is 23.2 Å². The third kappa shape index (κ3) is 3.86. The van der Waals surface area contributed by atoms with Crippen molar-refractivity contribution in [3.8, 4) is 5.75 Å². The van der Waals surface area contributed by atoms with E-state index in [2.05, 4.69) is 4.98 Å². The molecule has 2 aromatic rings. The van der Waals surface area contributed by atoms with Crippen molar-refractivity contribution in [2.45, 2.75) is 13.8 Å². The van der Waals surface area contributed by atoms with E-state index in [4.69, 9.17) is 27.9 Å². The van der Waals surface area contributed by atoms with Gasteiger partial charge in [0.05, 0.1) is 15.6 Å². The first-order valence-electron chi connectivity index (χ1n) is 7.39. The highest BCUT2D eigenvalue weighted by Crippen LogP contribution is 2.35. The Balaban J connectivity index is 2.45. The van der Waals surface area contributed by atoms with Crippen LogP contribution in [0.3, 0.4) is 0 Å². The highest BCUT2D eigenvalue weighted by molar-refractivity contribution is 6.44. The summed E-state index contributed by atoms with van der Waals surface area (Å²) < 4.78 is 5.38. The lowest BCUT2D eigenvalue weighted by Crippen LogP contribution is -2.33. The molecule has 5 nitrogen and oxygen atoms in total. The Bertz CT molecular complexity index is 747. The molecule has 1 amide bonds. The van der Waals surface area contributed by atoms with Gasteiger partial charge in [-0.15, -0.1) is 0 Å². The number of hydrogen-bond acceptors (Lipinski definition) is 4. The lowest BCUT2D eigenvalue weighted by atomic mass is 10.0. The summed E-state index contributed by atoms with van der Waals surface area (Å²) in [5.74, 6) is -0.324. The van der Waals surface area contributed by atoms with Crippen molar-refractivity contribution >= 4 is 35.1 Å². The molecule has 126 valence electrons. The monoisotopic (exact) mass is 366 g/mol. The fraction of sp³-hybridized carbons (Fsp3) is 0.235. The lowest BCUT2D eigenvalue weighted by molar-refractivity contribution is 0.103. The van der Waals surface area contributed by atoms with Crippen LogP contribution in [-0.2, 0) is 0 Å².